The molecule has 5 heterocycles. The molecule has 1 aliphatic carbocycles. The van der Waals surface area contributed by atoms with E-state index < -0.39 is 0 Å². The van der Waals surface area contributed by atoms with Crippen molar-refractivity contribution in [3.05, 3.63) is 102 Å². The lowest BCUT2D eigenvalue weighted by Crippen LogP contribution is -2.60. The van der Waals surface area contributed by atoms with Gasteiger partial charge >= 0.3 is 0 Å². The Hall–Kier alpha value is -3.34. The van der Waals surface area contributed by atoms with Gasteiger partial charge in [-0.1, -0.05) is 18.2 Å². The van der Waals surface area contributed by atoms with Crippen LogP contribution in [0.1, 0.15) is 46.5 Å². The van der Waals surface area contributed by atoms with E-state index in [-0.39, 0.29) is 17.4 Å². The van der Waals surface area contributed by atoms with Crippen LogP contribution in [0.15, 0.2) is 77.9 Å². The van der Waals surface area contributed by atoms with Gasteiger partial charge in [0.05, 0.1) is 23.9 Å². The highest BCUT2D eigenvalue weighted by Crippen LogP contribution is 2.60. The lowest BCUT2D eigenvalue weighted by Gasteiger charge is -2.48. The largest absolute Gasteiger partial charge is 0.508 e. The first-order valence-electron chi connectivity index (χ1n) is 9.15. The van der Waals surface area contributed by atoms with Crippen LogP contribution < -0.4 is 4.57 Å². The van der Waals surface area contributed by atoms with Crippen molar-refractivity contribution in [1.29, 1.82) is 0 Å². The first-order chi connectivity index (χ1) is 13.3. The van der Waals surface area contributed by atoms with E-state index in [4.69, 9.17) is 4.42 Å². The van der Waals surface area contributed by atoms with Gasteiger partial charge in [-0.15, -0.1) is 0 Å². The molecule has 3 atom stereocenters. The Kier molecular flexibility index (Phi) is 2.79. The number of rotatable bonds is 2. The van der Waals surface area contributed by atoms with Crippen molar-refractivity contribution in [2.75, 3.05) is 0 Å². The zero-order chi connectivity index (χ0) is 18.0. The molecule has 0 fully saturated rings. The van der Waals surface area contributed by atoms with Gasteiger partial charge < -0.3 is 9.52 Å². The van der Waals surface area contributed by atoms with Crippen molar-refractivity contribution in [3.63, 3.8) is 0 Å². The van der Waals surface area contributed by atoms with E-state index in [1.807, 2.05) is 24.5 Å². The summed E-state index contributed by atoms with van der Waals surface area (Å²) in [5.74, 6) is 0.308. The summed E-state index contributed by atoms with van der Waals surface area (Å²) < 4.78 is 7.85. The number of furan rings is 1. The molecular formula is C22H18N3O2+. The van der Waals surface area contributed by atoms with Crippen molar-refractivity contribution in [2.45, 2.75) is 23.8 Å². The third kappa shape index (κ3) is 1.74. The van der Waals surface area contributed by atoms with E-state index in [0.29, 0.717) is 5.75 Å². The molecule has 2 N–H and O–H groups in total. The molecule has 2 aliphatic heterocycles. The minimum absolute atomic E-state index is 0.0436. The second-order valence-electron chi connectivity index (χ2n) is 7.42. The number of aromatic hydroxyl groups is 1. The van der Waals surface area contributed by atoms with Crippen molar-refractivity contribution in [2.24, 2.45) is 0 Å². The number of nitrogens with zero attached hydrogens (tertiary/aromatic N) is 2. The normalized spacial score (nSPS) is 25.2. The number of nitrogens with one attached hydrogen (secondary N) is 1. The molecule has 3 unspecified atom stereocenters. The summed E-state index contributed by atoms with van der Waals surface area (Å²) in [7, 11) is 0. The first kappa shape index (κ1) is 14.8. The molecule has 4 aromatic rings. The van der Waals surface area contributed by atoms with Gasteiger partial charge in [-0.3, -0.25) is 5.10 Å². The summed E-state index contributed by atoms with van der Waals surface area (Å²) in [5.41, 5.74) is 5.17. The summed E-state index contributed by atoms with van der Waals surface area (Å²) in [6, 6.07) is 16.4. The first-order valence-corrected chi connectivity index (χ1v) is 9.15. The maximum atomic E-state index is 10.9. The number of hydrogen-bond acceptors (Lipinski definition) is 3. The van der Waals surface area contributed by atoms with Crippen LogP contribution in [0.3, 0.4) is 0 Å². The third-order valence-electron chi connectivity index (χ3n) is 6.34. The van der Waals surface area contributed by atoms with Gasteiger partial charge in [0.1, 0.15) is 5.75 Å². The van der Waals surface area contributed by atoms with E-state index in [0.717, 1.165) is 23.2 Å². The summed E-state index contributed by atoms with van der Waals surface area (Å²) in [5, 5.41) is 18.3. The van der Waals surface area contributed by atoms with Crippen LogP contribution in [0.4, 0.5) is 0 Å². The molecule has 1 aromatic carbocycles. The molecule has 0 amide bonds. The topological polar surface area (TPSA) is 65.9 Å². The van der Waals surface area contributed by atoms with Crippen LogP contribution >= 0.6 is 0 Å². The number of hydrogen-bond donors (Lipinski definition) is 2. The van der Waals surface area contributed by atoms with E-state index in [1.165, 1.54) is 11.3 Å². The fourth-order valence-electron chi connectivity index (χ4n) is 5.33. The molecular weight excluding hydrogens is 338 g/mol. The van der Waals surface area contributed by atoms with Crippen LogP contribution in [0.2, 0.25) is 0 Å². The molecule has 0 saturated carbocycles. The van der Waals surface area contributed by atoms with Crippen LogP contribution in [0, 0.1) is 0 Å². The number of H-pyrrole nitrogens is 1. The summed E-state index contributed by atoms with van der Waals surface area (Å²) in [6.07, 6.45) is 8.36. The molecule has 0 saturated heterocycles. The van der Waals surface area contributed by atoms with Crippen molar-refractivity contribution < 1.29 is 14.1 Å². The fraction of sp³-hybridized carbons (Fsp3) is 0.182. The third-order valence-corrected chi connectivity index (χ3v) is 6.34. The SMILES string of the molecule is Oc1cccc2c1C1c3cccc[n+]3C2CC1(c1ccoc1)c1ccn[nH]1. The minimum Gasteiger partial charge on any atom is -0.508 e. The number of aromatic amines is 1. The second kappa shape index (κ2) is 5.10. The maximum absolute atomic E-state index is 10.9. The number of benzene rings is 1. The van der Waals surface area contributed by atoms with Gasteiger partial charge in [0.15, 0.2) is 17.9 Å². The maximum Gasteiger partial charge on any atom is 0.190 e. The highest BCUT2D eigenvalue weighted by molar-refractivity contribution is 5.57. The van der Waals surface area contributed by atoms with Crippen LogP contribution in [-0.2, 0) is 5.41 Å². The zero-order valence-electron chi connectivity index (χ0n) is 14.5. The van der Waals surface area contributed by atoms with Gasteiger partial charge in [-0.05, 0) is 18.2 Å². The van der Waals surface area contributed by atoms with E-state index in [9.17, 15) is 5.11 Å². The molecule has 0 spiro atoms. The molecule has 3 aliphatic rings. The molecule has 5 heteroatoms. The van der Waals surface area contributed by atoms with Crippen molar-refractivity contribution in [1.82, 2.24) is 10.2 Å². The van der Waals surface area contributed by atoms with Crippen LogP contribution in [0.25, 0.3) is 0 Å². The smallest absolute Gasteiger partial charge is 0.190 e. The predicted molar refractivity (Wildman–Crippen MR) is 97.4 cm³/mol. The summed E-state index contributed by atoms with van der Waals surface area (Å²) >= 11 is 0. The van der Waals surface area contributed by atoms with Crippen molar-refractivity contribution >= 4 is 0 Å². The van der Waals surface area contributed by atoms with Gasteiger partial charge in [0.2, 0.25) is 0 Å². The second-order valence-corrected chi connectivity index (χ2v) is 7.42. The molecule has 0 radical (unpaired) electrons. The van der Waals surface area contributed by atoms with Gasteiger partial charge in [0, 0.05) is 47.1 Å². The number of phenols is 1. The highest BCUT2D eigenvalue weighted by Gasteiger charge is 2.61. The minimum atomic E-state index is -0.374. The van der Waals surface area contributed by atoms with Gasteiger partial charge in [0.25, 0.3) is 0 Å². The Balaban J connectivity index is 1.75. The summed E-state index contributed by atoms with van der Waals surface area (Å²) in [6.45, 7) is 0. The number of fused-ring (bicyclic) bond motifs is 1. The average molecular weight is 356 g/mol. The molecule has 2 bridgehead atoms. The quantitative estimate of drug-likeness (QED) is 0.541. The Morgan fingerprint density at radius 2 is 2.11 bits per heavy atom. The Morgan fingerprint density at radius 1 is 1.15 bits per heavy atom. The average Bonchev–Trinajstić information content (AvgIpc) is 3.43. The highest BCUT2D eigenvalue weighted by atomic mass is 16.3. The molecule has 3 aromatic heterocycles. The van der Waals surface area contributed by atoms with Crippen LogP contribution in [-0.4, -0.2) is 15.3 Å². The van der Waals surface area contributed by atoms with E-state index >= 15 is 0 Å². The summed E-state index contributed by atoms with van der Waals surface area (Å²) in [4.78, 5) is 0. The predicted octanol–water partition coefficient (Wildman–Crippen LogP) is 3.42. The van der Waals surface area contributed by atoms with Crippen molar-refractivity contribution in [3.8, 4) is 5.75 Å². The molecule has 5 nitrogen and oxygen atoms in total. The Bertz CT molecular complexity index is 1100. The van der Waals surface area contributed by atoms with E-state index in [2.05, 4.69) is 45.2 Å². The lowest BCUT2D eigenvalue weighted by molar-refractivity contribution is -0.732. The number of aromatic nitrogens is 3. The Morgan fingerprint density at radius 3 is 2.93 bits per heavy atom. The zero-order valence-corrected chi connectivity index (χ0v) is 14.5. The number of phenolic OH excluding ortho intramolecular Hbond substituents is 1. The van der Waals surface area contributed by atoms with Gasteiger partial charge in [-0.2, -0.15) is 9.67 Å². The van der Waals surface area contributed by atoms with Gasteiger partial charge in [-0.25, -0.2) is 0 Å². The molecule has 132 valence electrons. The fourth-order valence-corrected chi connectivity index (χ4v) is 5.33. The molecule has 27 heavy (non-hydrogen) atoms. The van der Waals surface area contributed by atoms with Crippen LogP contribution in [0.5, 0.6) is 5.75 Å². The monoisotopic (exact) mass is 356 g/mol. The lowest BCUT2D eigenvalue weighted by atomic mass is 9.54. The number of pyridine rings is 1. The molecule has 7 rings (SSSR count). The van der Waals surface area contributed by atoms with E-state index in [1.54, 1.807) is 18.5 Å². The Labute approximate surface area is 155 Å². The standard InChI is InChI=1S/C22H17N3O2/c26-18-6-3-4-15-17-12-22(14-8-11-27-13-14,19-7-9-23-24-19)21(20(15)18)16-5-1-2-10-25(16)17/h1-11,13,17,21H,12H2,(H-,23,24,26)/p+1.